The second-order valence-corrected chi connectivity index (χ2v) is 9.44. The summed E-state index contributed by atoms with van der Waals surface area (Å²) in [4.78, 5) is 43.3. The molecule has 0 aromatic heterocycles. The molecular weight excluding hydrogens is 442 g/mol. The number of rotatable bonds is 8. The number of nitrogens with one attached hydrogen (secondary N) is 2. The minimum atomic E-state index is -0.145. The predicted molar refractivity (Wildman–Crippen MR) is 140 cm³/mol. The highest BCUT2D eigenvalue weighted by Gasteiger charge is 2.24. The molecule has 1 saturated heterocycles. The first-order valence-corrected chi connectivity index (χ1v) is 12.0. The van der Waals surface area contributed by atoms with Crippen LogP contribution in [0.1, 0.15) is 22.3 Å². The van der Waals surface area contributed by atoms with Crippen LogP contribution in [-0.4, -0.2) is 85.3 Å². The van der Waals surface area contributed by atoms with Crippen LogP contribution in [0.2, 0.25) is 0 Å². The van der Waals surface area contributed by atoms with Crippen molar-refractivity contribution in [3.05, 3.63) is 58.7 Å². The Morgan fingerprint density at radius 2 is 1.40 bits per heavy atom. The van der Waals surface area contributed by atoms with E-state index >= 15 is 0 Å². The summed E-state index contributed by atoms with van der Waals surface area (Å²) in [6.45, 7) is 11.0. The van der Waals surface area contributed by atoms with E-state index in [-0.39, 0.29) is 30.8 Å². The van der Waals surface area contributed by atoms with Crippen LogP contribution in [-0.2, 0) is 14.4 Å². The molecule has 1 heterocycles. The molecule has 0 atom stereocenters. The normalized spacial score (nSPS) is 14.2. The topological polar surface area (TPSA) is 85.0 Å². The summed E-state index contributed by atoms with van der Waals surface area (Å²) in [5.74, 6) is -0.197. The van der Waals surface area contributed by atoms with Gasteiger partial charge in [-0.15, -0.1) is 0 Å². The number of nitrogens with zero attached hydrogens (tertiary/aromatic N) is 3. The first-order chi connectivity index (χ1) is 16.6. The predicted octanol–water partition coefficient (Wildman–Crippen LogP) is 2.57. The number of hydrogen-bond acceptors (Lipinski definition) is 5. The summed E-state index contributed by atoms with van der Waals surface area (Å²) in [6.07, 6.45) is 0. The Morgan fingerprint density at radius 1 is 0.800 bits per heavy atom. The molecule has 3 amide bonds. The standard InChI is InChI=1S/C27H37N5O3/c1-19-8-7-11-23(22(19)4)28-24(33)16-30(5)18-26(35)32-14-12-31(13-15-32)17-25(34)29-27-20(2)9-6-10-21(27)3/h6-11H,12-18H2,1-5H3,(H,28,33)(H,29,34). The zero-order valence-electron chi connectivity index (χ0n) is 21.5. The van der Waals surface area contributed by atoms with Gasteiger partial charge in [-0.25, -0.2) is 0 Å². The Hall–Kier alpha value is -3.23. The van der Waals surface area contributed by atoms with Gasteiger partial charge >= 0.3 is 0 Å². The van der Waals surface area contributed by atoms with Crippen LogP contribution in [0.15, 0.2) is 36.4 Å². The third-order valence-electron chi connectivity index (χ3n) is 6.54. The van der Waals surface area contributed by atoms with Crippen molar-refractivity contribution in [1.29, 1.82) is 0 Å². The molecule has 0 aliphatic carbocycles. The Morgan fingerprint density at radius 3 is 2.06 bits per heavy atom. The van der Waals surface area contributed by atoms with Gasteiger partial charge in [-0.2, -0.15) is 0 Å². The molecule has 8 nitrogen and oxygen atoms in total. The van der Waals surface area contributed by atoms with Crippen LogP contribution in [0.4, 0.5) is 11.4 Å². The van der Waals surface area contributed by atoms with Gasteiger partial charge in [-0.3, -0.25) is 24.2 Å². The lowest BCUT2D eigenvalue weighted by Crippen LogP contribution is -2.52. The van der Waals surface area contributed by atoms with Crippen molar-refractivity contribution < 1.29 is 14.4 Å². The molecule has 0 radical (unpaired) electrons. The van der Waals surface area contributed by atoms with Gasteiger partial charge in [-0.1, -0.05) is 30.3 Å². The van der Waals surface area contributed by atoms with E-state index in [2.05, 4.69) is 15.5 Å². The van der Waals surface area contributed by atoms with Crippen LogP contribution in [0.25, 0.3) is 0 Å². The van der Waals surface area contributed by atoms with E-state index in [4.69, 9.17) is 0 Å². The van der Waals surface area contributed by atoms with Crippen LogP contribution in [0, 0.1) is 27.7 Å². The van der Waals surface area contributed by atoms with E-state index in [0.29, 0.717) is 32.7 Å². The SMILES string of the molecule is Cc1cccc(NC(=O)CN(C)CC(=O)N2CCN(CC(=O)Nc3c(C)cccc3C)CC2)c1C. The number of benzene rings is 2. The fourth-order valence-electron chi connectivity index (χ4n) is 4.26. The maximum atomic E-state index is 12.7. The fraction of sp³-hybridized carbons (Fsp3) is 0.444. The summed E-state index contributed by atoms with van der Waals surface area (Å²) < 4.78 is 0. The number of piperazine rings is 1. The van der Waals surface area contributed by atoms with Crippen LogP contribution >= 0.6 is 0 Å². The third-order valence-corrected chi connectivity index (χ3v) is 6.54. The van der Waals surface area contributed by atoms with Crippen molar-refractivity contribution in [2.75, 3.05) is 63.5 Å². The molecule has 0 bridgehead atoms. The minimum absolute atomic E-state index is 0.00771. The summed E-state index contributed by atoms with van der Waals surface area (Å²) in [5.41, 5.74) is 5.91. The summed E-state index contributed by atoms with van der Waals surface area (Å²) in [7, 11) is 1.77. The fourth-order valence-corrected chi connectivity index (χ4v) is 4.26. The van der Waals surface area contributed by atoms with Crippen molar-refractivity contribution in [1.82, 2.24) is 14.7 Å². The van der Waals surface area contributed by atoms with E-state index in [1.807, 2.05) is 64.1 Å². The monoisotopic (exact) mass is 479 g/mol. The van der Waals surface area contributed by atoms with Crippen molar-refractivity contribution in [3.63, 3.8) is 0 Å². The molecule has 0 saturated carbocycles. The van der Waals surface area contributed by atoms with Gasteiger partial charge in [0.25, 0.3) is 0 Å². The van der Waals surface area contributed by atoms with Gasteiger partial charge in [0, 0.05) is 37.6 Å². The summed E-state index contributed by atoms with van der Waals surface area (Å²) in [5, 5.41) is 5.95. The first kappa shape index (κ1) is 26.4. The Bertz CT molecular complexity index is 1060. The van der Waals surface area contributed by atoms with Crippen LogP contribution in [0.3, 0.4) is 0 Å². The molecule has 2 aromatic rings. The lowest BCUT2D eigenvalue weighted by atomic mass is 10.1. The van der Waals surface area contributed by atoms with Gasteiger partial charge in [0.2, 0.25) is 17.7 Å². The zero-order chi connectivity index (χ0) is 25.5. The average Bonchev–Trinajstić information content (AvgIpc) is 2.79. The Kier molecular flexibility index (Phi) is 9.01. The second-order valence-electron chi connectivity index (χ2n) is 9.44. The number of carbonyl (C=O) groups excluding carboxylic acids is 3. The number of aryl methyl sites for hydroxylation is 3. The molecule has 0 spiro atoms. The Labute approximate surface area is 208 Å². The van der Waals surface area contributed by atoms with E-state index in [9.17, 15) is 14.4 Å². The number of hydrogen-bond donors (Lipinski definition) is 2. The van der Waals surface area contributed by atoms with Crippen LogP contribution < -0.4 is 10.6 Å². The van der Waals surface area contributed by atoms with E-state index in [0.717, 1.165) is 33.6 Å². The largest absolute Gasteiger partial charge is 0.339 e. The number of likely N-dealkylation sites (N-methyl/N-ethyl adjacent to an activating group) is 1. The molecule has 3 rings (SSSR count). The summed E-state index contributed by atoms with van der Waals surface area (Å²) >= 11 is 0. The van der Waals surface area contributed by atoms with E-state index in [1.165, 1.54) is 0 Å². The first-order valence-electron chi connectivity index (χ1n) is 12.0. The molecule has 2 N–H and O–H groups in total. The zero-order valence-corrected chi connectivity index (χ0v) is 21.5. The molecule has 1 fully saturated rings. The number of anilines is 2. The van der Waals surface area contributed by atoms with Gasteiger partial charge in [0.1, 0.15) is 0 Å². The van der Waals surface area contributed by atoms with E-state index < -0.39 is 0 Å². The molecule has 0 unspecified atom stereocenters. The maximum absolute atomic E-state index is 12.7. The molecule has 1 aliphatic heterocycles. The van der Waals surface area contributed by atoms with Gasteiger partial charge in [-0.05, 0) is 63.1 Å². The summed E-state index contributed by atoms with van der Waals surface area (Å²) in [6, 6.07) is 11.7. The quantitative estimate of drug-likeness (QED) is 0.608. The second kappa shape index (κ2) is 12.0. The average molecular weight is 480 g/mol. The van der Waals surface area contributed by atoms with Crippen molar-refractivity contribution in [2.45, 2.75) is 27.7 Å². The highest BCUT2D eigenvalue weighted by atomic mass is 16.2. The lowest BCUT2D eigenvalue weighted by molar-refractivity contribution is -0.134. The minimum Gasteiger partial charge on any atom is -0.339 e. The lowest BCUT2D eigenvalue weighted by Gasteiger charge is -2.35. The van der Waals surface area contributed by atoms with Gasteiger partial charge < -0.3 is 15.5 Å². The van der Waals surface area contributed by atoms with Gasteiger partial charge in [0.15, 0.2) is 0 Å². The van der Waals surface area contributed by atoms with Crippen LogP contribution in [0.5, 0.6) is 0 Å². The van der Waals surface area contributed by atoms with E-state index in [1.54, 1.807) is 16.8 Å². The molecule has 8 heteroatoms. The maximum Gasteiger partial charge on any atom is 0.238 e. The Balaban J connectivity index is 1.40. The van der Waals surface area contributed by atoms with Crippen molar-refractivity contribution in [2.24, 2.45) is 0 Å². The molecule has 188 valence electrons. The smallest absolute Gasteiger partial charge is 0.238 e. The van der Waals surface area contributed by atoms with Crippen molar-refractivity contribution >= 4 is 29.1 Å². The highest BCUT2D eigenvalue weighted by Crippen LogP contribution is 2.20. The number of carbonyl (C=O) groups is 3. The van der Waals surface area contributed by atoms with Gasteiger partial charge in [0.05, 0.1) is 19.6 Å². The van der Waals surface area contributed by atoms with Crippen molar-refractivity contribution in [3.8, 4) is 0 Å². The molecular formula is C27H37N5O3. The highest BCUT2D eigenvalue weighted by molar-refractivity contribution is 5.94. The molecule has 2 aromatic carbocycles. The number of para-hydroxylation sites is 1. The molecule has 1 aliphatic rings. The number of amides is 3. The molecule has 35 heavy (non-hydrogen) atoms. The third kappa shape index (κ3) is 7.37.